The highest BCUT2D eigenvalue weighted by atomic mass is 32.2. The number of sulfone groups is 1. The van der Waals surface area contributed by atoms with Crippen LogP contribution in [0.2, 0.25) is 0 Å². The highest BCUT2D eigenvalue weighted by molar-refractivity contribution is 7.91. The summed E-state index contributed by atoms with van der Waals surface area (Å²) in [6.45, 7) is 2.01. The zero-order chi connectivity index (χ0) is 14.3. The van der Waals surface area contributed by atoms with Crippen LogP contribution >= 0.6 is 0 Å². The second-order valence-corrected chi connectivity index (χ2v) is 7.93. The van der Waals surface area contributed by atoms with E-state index in [-0.39, 0.29) is 29.8 Å². The summed E-state index contributed by atoms with van der Waals surface area (Å²) in [6, 6.07) is 0. The number of likely N-dealkylation sites (tertiary alicyclic amines) is 1. The van der Waals surface area contributed by atoms with E-state index in [1.54, 1.807) is 6.92 Å². The summed E-state index contributed by atoms with van der Waals surface area (Å²) in [5.41, 5.74) is -1.13. The van der Waals surface area contributed by atoms with Crippen molar-refractivity contribution < 1.29 is 23.1 Å². The van der Waals surface area contributed by atoms with Crippen LogP contribution in [-0.4, -0.2) is 53.9 Å². The van der Waals surface area contributed by atoms with E-state index >= 15 is 0 Å². The number of carboxylic acid groups (broad SMARTS) is 1. The first-order chi connectivity index (χ1) is 8.74. The molecular formula is C12H19NO5S. The number of rotatable bonds is 3. The summed E-state index contributed by atoms with van der Waals surface area (Å²) >= 11 is 0. The molecule has 2 aliphatic heterocycles. The normalized spacial score (nSPS) is 33.5. The molecule has 2 saturated heterocycles. The average molecular weight is 289 g/mol. The molecule has 2 aliphatic rings. The van der Waals surface area contributed by atoms with Gasteiger partial charge in [-0.1, -0.05) is 0 Å². The van der Waals surface area contributed by atoms with Crippen LogP contribution in [-0.2, 0) is 19.4 Å². The largest absolute Gasteiger partial charge is 0.480 e. The molecule has 0 bridgehead atoms. The van der Waals surface area contributed by atoms with Gasteiger partial charge in [0.15, 0.2) is 9.84 Å². The van der Waals surface area contributed by atoms with Crippen molar-refractivity contribution in [3.05, 3.63) is 0 Å². The Labute approximate surface area is 112 Å². The third-order valence-electron chi connectivity index (χ3n) is 4.19. The minimum atomic E-state index is -3.00. The smallest absolute Gasteiger partial charge is 0.329 e. The van der Waals surface area contributed by atoms with E-state index in [9.17, 15) is 23.1 Å². The van der Waals surface area contributed by atoms with Gasteiger partial charge in [0.25, 0.3) is 0 Å². The van der Waals surface area contributed by atoms with Crippen LogP contribution in [0.15, 0.2) is 0 Å². The molecule has 6 nitrogen and oxygen atoms in total. The van der Waals surface area contributed by atoms with Crippen LogP contribution < -0.4 is 0 Å². The van der Waals surface area contributed by atoms with Crippen molar-refractivity contribution in [2.75, 3.05) is 18.1 Å². The molecule has 7 heteroatoms. The maximum absolute atomic E-state index is 12.2. The summed E-state index contributed by atoms with van der Waals surface area (Å²) < 4.78 is 22.7. The predicted molar refractivity (Wildman–Crippen MR) is 68.4 cm³/mol. The molecular weight excluding hydrogens is 270 g/mol. The topological polar surface area (TPSA) is 91.8 Å². The molecule has 0 aromatic heterocycles. The van der Waals surface area contributed by atoms with Gasteiger partial charge >= 0.3 is 5.97 Å². The Balaban J connectivity index is 2.03. The minimum absolute atomic E-state index is 0.0520. The molecule has 2 atom stereocenters. The molecule has 0 aromatic rings. The van der Waals surface area contributed by atoms with Crippen molar-refractivity contribution in [2.45, 2.75) is 38.1 Å². The van der Waals surface area contributed by atoms with E-state index in [0.717, 1.165) is 0 Å². The highest BCUT2D eigenvalue weighted by Gasteiger charge is 2.46. The molecule has 0 spiro atoms. The summed E-state index contributed by atoms with van der Waals surface area (Å²) in [6.07, 6.45) is 1.78. The third-order valence-corrected chi connectivity index (χ3v) is 6.03. The molecule has 1 amide bonds. The third kappa shape index (κ3) is 2.75. The zero-order valence-corrected chi connectivity index (χ0v) is 11.8. The summed E-state index contributed by atoms with van der Waals surface area (Å²) in [5, 5.41) is 9.25. The van der Waals surface area contributed by atoms with Gasteiger partial charge in [-0.05, 0) is 32.1 Å². The summed E-state index contributed by atoms with van der Waals surface area (Å²) in [4.78, 5) is 24.9. The van der Waals surface area contributed by atoms with E-state index in [0.29, 0.717) is 25.8 Å². The maximum atomic E-state index is 12.2. The number of carboxylic acids is 1. The minimum Gasteiger partial charge on any atom is -0.480 e. The Morgan fingerprint density at radius 3 is 2.63 bits per heavy atom. The van der Waals surface area contributed by atoms with Crippen LogP contribution in [0.3, 0.4) is 0 Å². The van der Waals surface area contributed by atoms with E-state index in [1.807, 2.05) is 0 Å². The molecule has 2 heterocycles. The number of carbonyl (C=O) groups is 2. The summed E-state index contributed by atoms with van der Waals surface area (Å²) in [5.74, 6) is -1.18. The molecule has 19 heavy (non-hydrogen) atoms. The quantitative estimate of drug-likeness (QED) is 0.805. The van der Waals surface area contributed by atoms with Gasteiger partial charge in [-0.3, -0.25) is 4.79 Å². The van der Waals surface area contributed by atoms with Gasteiger partial charge in [0.2, 0.25) is 5.91 Å². The van der Waals surface area contributed by atoms with Gasteiger partial charge in [0.1, 0.15) is 5.54 Å². The van der Waals surface area contributed by atoms with Gasteiger partial charge in [0, 0.05) is 13.0 Å². The fourth-order valence-corrected chi connectivity index (χ4v) is 4.84. The lowest BCUT2D eigenvalue weighted by Gasteiger charge is -2.31. The van der Waals surface area contributed by atoms with Crippen molar-refractivity contribution in [1.29, 1.82) is 0 Å². The molecule has 108 valence electrons. The van der Waals surface area contributed by atoms with Crippen LogP contribution in [0.25, 0.3) is 0 Å². The van der Waals surface area contributed by atoms with Gasteiger partial charge in [-0.15, -0.1) is 0 Å². The van der Waals surface area contributed by atoms with E-state index in [2.05, 4.69) is 0 Å². The Kier molecular flexibility index (Phi) is 3.59. The lowest BCUT2D eigenvalue weighted by atomic mass is 9.97. The van der Waals surface area contributed by atoms with Gasteiger partial charge in [-0.25, -0.2) is 13.2 Å². The molecule has 0 aromatic carbocycles. The Morgan fingerprint density at radius 1 is 1.42 bits per heavy atom. The molecule has 2 rings (SSSR count). The van der Waals surface area contributed by atoms with Crippen LogP contribution in [0.1, 0.15) is 32.6 Å². The predicted octanol–water partition coefficient (Wildman–Crippen LogP) is 0.277. The Bertz CT molecular complexity index is 500. The molecule has 2 fully saturated rings. The van der Waals surface area contributed by atoms with E-state index < -0.39 is 21.3 Å². The lowest BCUT2D eigenvalue weighted by Crippen LogP contribution is -2.51. The highest BCUT2D eigenvalue weighted by Crippen LogP contribution is 2.31. The second-order valence-electron chi connectivity index (χ2n) is 5.70. The van der Waals surface area contributed by atoms with Gasteiger partial charge in [0.05, 0.1) is 11.5 Å². The van der Waals surface area contributed by atoms with Gasteiger partial charge in [-0.2, -0.15) is 0 Å². The number of nitrogens with zero attached hydrogens (tertiary/aromatic N) is 1. The summed E-state index contributed by atoms with van der Waals surface area (Å²) in [7, 11) is -3.00. The first-order valence-electron chi connectivity index (χ1n) is 6.49. The van der Waals surface area contributed by atoms with Crippen molar-refractivity contribution >= 4 is 21.7 Å². The van der Waals surface area contributed by atoms with Crippen molar-refractivity contribution in [3.63, 3.8) is 0 Å². The number of amides is 1. The second kappa shape index (κ2) is 4.77. The van der Waals surface area contributed by atoms with E-state index in [4.69, 9.17) is 0 Å². The number of carbonyl (C=O) groups excluding carboxylic acids is 1. The van der Waals surface area contributed by atoms with Crippen molar-refractivity contribution in [3.8, 4) is 0 Å². The molecule has 0 saturated carbocycles. The molecule has 1 N–H and O–H groups in total. The standard InChI is InChI=1S/C12H19NO5S/c1-12(11(15)16)4-2-5-13(12)10(14)7-9-3-6-19(17,18)8-9/h9H,2-8H2,1H3,(H,15,16). The first-order valence-corrected chi connectivity index (χ1v) is 8.31. The SMILES string of the molecule is CC1(C(=O)O)CCCN1C(=O)CC1CCS(=O)(=O)C1. The van der Waals surface area contributed by atoms with Crippen LogP contribution in [0.4, 0.5) is 0 Å². The number of hydrogen-bond acceptors (Lipinski definition) is 4. The van der Waals surface area contributed by atoms with Crippen molar-refractivity contribution in [2.24, 2.45) is 5.92 Å². The molecule has 0 aliphatic carbocycles. The fraction of sp³-hybridized carbons (Fsp3) is 0.833. The van der Waals surface area contributed by atoms with Crippen LogP contribution in [0, 0.1) is 5.92 Å². The average Bonchev–Trinajstić information content (AvgIpc) is 2.83. The maximum Gasteiger partial charge on any atom is 0.329 e. The number of hydrogen-bond donors (Lipinski definition) is 1. The number of aliphatic carboxylic acids is 1. The fourth-order valence-electron chi connectivity index (χ4n) is 2.98. The molecule has 2 unspecified atom stereocenters. The lowest BCUT2D eigenvalue weighted by molar-refractivity contribution is -0.155. The monoisotopic (exact) mass is 289 g/mol. The van der Waals surface area contributed by atoms with E-state index in [1.165, 1.54) is 4.90 Å². The van der Waals surface area contributed by atoms with Gasteiger partial charge < -0.3 is 10.0 Å². The zero-order valence-electron chi connectivity index (χ0n) is 11.0. The molecule has 0 radical (unpaired) electrons. The van der Waals surface area contributed by atoms with Crippen LogP contribution in [0.5, 0.6) is 0 Å². The first kappa shape index (κ1) is 14.3. The van der Waals surface area contributed by atoms with Crippen molar-refractivity contribution in [1.82, 2.24) is 4.90 Å². The Hall–Kier alpha value is -1.11. The Morgan fingerprint density at radius 2 is 2.11 bits per heavy atom.